The minimum absolute atomic E-state index is 0.0744. The lowest BCUT2D eigenvalue weighted by molar-refractivity contribution is -0.129. The summed E-state index contributed by atoms with van der Waals surface area (Å²) in [5.41, 5.74) is 1.21. The van der Waals surface area contributed by atoms with Gasteiger partial charge in [0.1, 0.15) is 17.7 Å². The van der Waals surface area contributed by atoms with Crippen molar-refractivity contribution in [2.75, 3.05) is 0 Å². The smallest absolute Gasteiger partial charge is 0.249 e. The van der Waals surface area contributed by atoms with Gasteiger partial charge in [0.05, 0.1) is 4.47 Å². The molecule has 1 aliphatic rings. The molecule has 9 heteroatoms. The summed E-state index contributed by atoms with van der Waals surface area (Å²) >= 11 is 9.23. The lowest BCUT2D eigenvalue weighted by Gasteiger charge is -2.22. The van der Waals surface area contributed by atoms with Gasteiger partial charge < -0.3 is 9.42 Å². The van der Waals surface area contributed by atoms with E-state index in [4.69, 9.17) is 16.1 Å². The third-order valence-corrected chi connectivity index (χ3v) is 5.55. The van der Waals surface area contributed by atoms with Gasteiger partial charge in [0, 0.05) is 23.6 Å². The summed E-state index contributed by atoms with van der Waals surface area (Å²) in [4.78, 5) is 18.4. The number of hydrogen-bond acceptors (Lipinski definition) is 4. The quantitative estimate of drug-likeness (QED) is 0.522. The van der Waals surface area contributed by atoms with Gasteiger partial charge in [-0.25, -0.2) is 8.78 Å². The molecule has 1 saturated heterocycles. The van der Waals surface area contributed by atoms with Crippen molar-refractivity contribution in [2.45, 2.75) is 25.4 Å². The first-order chi connectivity index (χ1) is 13.4. The molecule has 2 aromatic carbocycles. The maximum Gasteiger partial charge on any atom is 0.249 e. The monoisotopic (exact) mass is 467 g/mol. The molecule has 1 amide bonds. The molecule has 0 bridgehead atoms. The molecule has 1 unspecified atom stereocenters. The molecule has 1 atom stereocenters. The Bertz CT molecular complexity index is 1060. The topological polar surface area (TPSA) is 59.2 Å². The van der Waals surface area contributed by atoms with Gasteiger partial charge in [-0.3, -0.25) is 4.79 Å². The van der Waals surface area contributed by atoms with Crippen LogP contribution >= 0.6 is 27.5 Å². The van der Waals surface area contributed by atoms with Crippen molar-refractivity contribution < 1.29 is 18.1 Å². The molecular weight excluding hydrogens is 456 g/mol. The second-order valence-electron chi connectivity index (χ2n) is 6.40. The first-order valence-corrected chi connectivity index (χ1v) is 9.62. The number of hydrogen-bond donors (Lipinski definition) is 0. The van der Waals surface area contributed by atoms with Gasteiger partial charge in [-0.1, -0.05) is 22.8 Å². The van der Waals surface area contributed by atoms with E-state index in [9.17, 15) is 13.6 Å². The van der Waals surface area contributed by atoms with Crippen LogP contribution in [0.4, 0.5) is 8.78 Å². The predicted octanol–water partition coefficient (Wildman–Crippen LogP) is 5.29. The molecular formula is C19H13BrClF2N3O2. The molecule has 1 aliphatic heterocycles. The number of halogens is 4. The lowest BCUT2D eigenvalue weighted by atomic mass is 10.1. The Kier molecular flexibility index (Phi) is 5.16. The second kappa shape index (κ2) is 7.60. The van der Waals surface area contributed by atoms with Crippen molar-refractivity contribution in [2.24, 2.45) is 0 Å². The molecule has 0 radical (unpaired) electrons. The Morgan fingerprint density at radius 3 is 2.82 bits per heavy atom. The van der Waals surface area contributed by atoms with Crippen molar-refractivity contribution in [3.63, 3.8) is 0 Å². The summed E-state index contributed by atoms with van der Waals surface area (Å²) in [6, 6.07) is 8.06. The van der Waals surface area contributed by atoms with E-state index in [1.165, 1.54) is 18.2 Å². The van der Waals surface area contributed by atoms with E-state index >= 15 is 0 Å². The molecule has 1 fully saturated rings. The van der Waals surface area contributed by atoms with Gasteiger partial charge in [0.15, 0.2) is 0 Å². The zero-order valence-electron chi connectivity index (χ0n) is 14.3. The highest BCUT2D eigenvalue weighted by Crippen LogP contribution is 2.35. The van der Waals surface area contributed by atoms with E-state index in [1.54, 1.807) is 23.1 Å². The SMILES string of the molecule is O=C1CCC(c2nc(-c3ccc(F)c(Br)c3)no2)N1Cc1ccc(F)cc1Cl. The predicted molar refractivity (Wildman–Crippen MR) is 101 cm³/mol. The largest absolute Gasteiger partial charge is 0.337 e. The fourth-order valence-electron chi connectivity index (χ4n) is 3.15. The van der Waals surface area contributed by atoms with Gasteiger partial charge >= 0.3 is 0 Å². The summed E-state index contributed by atoms with van der Waals surface area (Å²) in [6.07, 6.45) is 0.857. The molecule has 0 aliphatic carbocycles. The van der Waals surface area contributed by atoms with Gasteiger partial charge in [-0.05, 0) is 58.2 Å². The molecule has 0 spiro atoms. The number of aromatic nitrogens is 2. The van der Waals surface area contributed by atoms with E-state index < -0.39 is 17.7 Å². The van der Waals surface area contributed by atoms with Crippen molar-refractivity contribution in [3.8, 4) is 11.4 Å². The van der Waals surface area contributed by atoms with E-state index in [1.807, 2.05) is 0 Å². The minimum atomic E-state index is -0.440. The number of likely N-dealkylation sites (tertiary alicyclic amines) is 1. The molecule has 4 rings (SSSR count). The van der Waals surface area contributed by atoms with Crippen LogP contribution in [0.3, 0.4) is 0 Å². The zero-order valence-corrected chi connectivity index (χ0v) is 16.7. The van der Waals surface area contributed by atoms with Crippen molar-refractivity contribution >= 4 is 33.4 Å². The van der Waals surface area contributed by atoms with Crippen LogP contribution in [0.25, 0.3) is 11.4 Å². The Morgan fingerprint density at radius 1 is 1.25 bits per heavy atom. The van der Waals surface area contributed by atoms with Crippen LogP contribution in [0.1, 0.15) is 30.3 Å². The first kappa shape index (κ1) is 19.0. The minimum Gasteiger partial charge on any atom is -0.337 e. The van der Waals surface area contributed by atoms with E-state index in [0.29, 0.717) is 40.2 Å². The van der Waals surface area contributed by atoms with Crippen molar-refractivity contribution in [1.29, 1.82) is 0 Å². The van der Waals surface area contributed by atoms with Crippen LogP contribution in [0.5, 0.6) is 0 Å². The lowest BCUT2D eigenvalue weighted by Crippen LogP contribution is -2.27. The van der Waals surface area contributed by atoms with E-state index in [2.05, 4.69) is 26.1 Å². The molecule has 28 heavy (non-hydrogen) atoms. The van der Waals surface area contributed by atoms with Crippen LogP contribution in [0, 0.1) is 11.6 Å². The number of amides is 1. The molecule has 1 aromatic heterocycles. The number of benzene rings is 2. The van der Waals surface area contributed by atoms with Crippen LogP contribution in [0.2, 0.25) is 5.02 Å². The van der Waals surface area contributed by atoms with Crippen LogP contribution in [-0.2, 0) is 11.3 Å². The molecule has 5 nitrogen and oxygen atoms in total. The van der Waals surface area contributed by atoms with Gasteiger partial charge in [0.25, 0.3) is 0 Å². The number of nitrogens with zero attached hydrogens (tertiary/aromatic N) is 3. The zero-order chi connectivity index (χ0) is 19.8. The second-order valence-corrected chi connectivity index (χ2v) is 7.66. The maximum absolute atomic E-state index is 13.4. The van der Waals surface area contributed by atoms with E-state index in [0.717, 1.165) is 0 Å². The number of rotatable bonds is 4. The Morgan fingerprint density at radius 2 is 2.07 bits per heavy atom. The summed E-state index contributed by atoms with van der Waals surface area (Å²) in [5.74, 6) is -0.315. The molecule has 2 heterocycles. The standard InChI is InChI=1S/C19H13BrClF2N3O2/c20-13-7-10(2-4-15(13)23)18-24-19(28-25-18)16-5-6-17(27)26(16)9-11-1-3-12(22)8-14(11)21/h1-4,7-8,16H,5-6,9H2. The molecule has 144 valence electrons. The van der Waals surface area contributed by atoms with Gasteiger partial charge in [-0.15, -0.1) is 0 Å². The van der Waals surface area contributed by atoms with E-state index in [-0.39, 0.29) is 17.5 Å². The highest BCUT2D eigenvalue weighted by Gasteiger charge is 2.36. The summed E-state index contributed by atoms with van der Waals surface area (Å²) < 4.78 is 32.4. The number of carbonyl (C=O) groups excluding carboxylic acids is 1. The average molecular weight is 469 g/mol. The Labute approximate surface area is 172 Å². The van der Waals surface area contributed by atoms with Crippen molar-refractivity contribution in [3.05, 3.63) is 69.0 Å². The number of carbonyl (C=O) groups is 1. The third-order valence-electron chi connectivity index (χ3n) is 4.59. The molecule has 3 aromatic rings. The van der Waals surface area contributed by atoms with Crippen LogP contribution < -0.4 is 0 Å². The fraction of sp³-hybridized carbons (Fsp3) is 0.211. The average Bonchev–Trinajstić information content (AvgIpc) is 3.27. The summed E-state index contributed by atoms with van der Waals surface area (Å²) in [6.45, 7) is 0.211. The fourth-order valence-corrected chi connectivity index (χ4v) is 3.75. The molecule has 0 N–H and O–H groups in total. The highest BCUT2D eigenvalue weighted by molar-refractivity contribution is 9.10. The summed E-state index contributed by atoms with van der Waals surface area (Å²) in [5, 5.41) is 4.21. The maximum atomic E-state index is 13.4. The summed E-state index contributed by atoms with van der Waals surface area (Å²) in [7, 11) is 0. The van der Waals surface area contributed by atoms with Crippen LogP contribution in [-0.4, -0.2) is 20.9 Å². The first-order valence-electron chi connectivity index (χ1n) is 8.45. The highest BCUT2D eigenvalue weighted by atomic mass is 79.9. The normalized spacial score (nSPS) is 16.8. The van der Waals surface area contributed by atoms with Gasteiger partial charge in [0.2, 0.25) is 17.6 Å². The third kappa shape index (κ3) is 3.66. The van der Waals surface area contributed by atoms with Crippen LogP contribution in [0.15, 0.2) is 45.4 Å². The van der Waals surface area contributed by atoms with Gasteiger partial charge in [-0.2, -0.15) is 4.98 Å². The van der Waals surface area contributed by atoms with Crippen molar-refractivity contribution in [1.82, 2.24) is 15.0 Å². The Hall–Kier alpha value is -2.32. The Balaban J connectivity index is 1.60. The molecule has 0 saturated carbocycles.